The van der Waals surface area contributed by atoms with Gasteiger partial charge >= 0.3 is 5.97 Å². The topological polar surface area (TPSA) is 49.8 Å². The number of hydrogen-bond donors (Lipinski definition) is 1. The van der Waals surface area contributed by atoms with Gasteiger partial charge in [0.1, 0.15) is 6.04 Å². The Morgan fingerprint density at radius 1 is 1.29 bits per heavy atom. The minimum atomic E-state index is -0.741. The van der Waals surface area contributed by atoms with Crippen LogP contribution in [0.4, 0.5) is 0 Å². The van der Waals surface area contributed by atoms with E-state index in [1.54, 1.807) is 0 Å². The van der Waals surface area contributed by atoms with E-state index in [1.807, 2.05) is 0 Å². The van der Waals surface area contributed by atoms with Crippen LogP contribution in [0.15, 0.2) is 0 Å². The largest absolute Gasteiger partial charge is 0.480 e. The van der Waals surface area contributed by atoms with Gasteiger partial charge in [-0.2, -0.15) is 0 Å². The third kappa shape index (κ3) is 2.63. The summed E-state index contributed by atoms with van der Waals surface area (Å²) in [5.41, 5.74) is 0. The first-order valence-corrected chi connectivity index (χ1v) is 6.67. The standard InChI is InChI=1S/C13H23NO3/c1-9-4-3-5-10(2)12(9)14-6-7-17-8-11(14)13(15)16/h9-12H,3-8H2,1-2H3,(H,15,16). The molecule has 0 aromatic heterocycles. The molecule has 1 saturated heterocycles. The van der Waals surface area contributed by atoms with Crippen LogP contribution in [0.25, 0.3) is 0 Å². The van der Waals surface area contributed by atoms with Crippen molar-refractivity contribution in [1.82, 2.24) is 4.90 Å². The highest BCUT2D eigenvalue weighted by Crippen LogP contribution is 2.34. The zero-order valence-corrected chi connectivity index (χ0v) is 10.8. The van der Waals surface area contributed by atoms with Gasteiger partial charge in [-0.3, -0.25) is 9.69 Å². The van der Waals surface area contributed by atoms with Crippen LogP contribution >= 0.6 is 0 Å². The highest BCUT2D eigenvalue weighted by atomic mass is 16.5. The highest BCUT2D eigenvalue weighted by Gasteiger charge is 2.40. The van der Waals surface area contributed by atoms with E-state index in [1.165, 1.54) is 19.3 Å². The molecule has 17 heavy (non-hydrogen) atoms. The summed E-state index contributed by atoms with van der Waals surface area (Å²) in [6.07, 6.45) is 3.72. The monoisotopic (exact) mass is 241 g/mol. The second kappa shape index (κ2) is 5.36. The van der Waals surface area contributed by atoms with Gasteiger partial charge in [0, 0.05) is 12.6 Å². The number of morpholine rings is 1. The Morgan fingerprint density at radius 3 is 2.53 bits per heavy atom. The summed E-state index contributed by atoms with van der Waals surface area (Å²) in [6, 6.07) is -0.0366. The van der Waals surface area contributed by atoms with Crippen molar-refractivity contribution in [1.29, 1.82) is 0 Å². The number of ether oxygens (including phenoxy) is 1. The molecule has 0 radical (unpaired) electrons. The van der Waals surface area contributed by atoms with Gasteiger partial charge < -0.3 is 9.84 Å². The second-order valence-electron chi connectivity index (χ2n) is 5.54. The lowest BCUT2D eigenvalue weighted by molar-refractivity contribution is -0.154. The van der Waals surface area contributed by atoms with Crippen molar-refractivity contribution in [2.75, 3.05) is 19.8 Å². The van der Waals surface area contributed by atoms with Crippen LogP contribution < -0.4 is 0 Å². The zero-order valence-electron chi connectivity index (χ0n) is 10.8. The molecule has 0 aromatic rings. The van der Waals surface area contributed by atoms with E-state index in [2.05, 4.69) is 18.7 Å². The molecule has 0 aromatic carbocycles. The molecule has 98 valence electrons. The van der Waals surface area contributed by atoms with E-state index in [0.717, 1.165) is 6.54 Å². The Balaban J connectivity index is 2.13. The van der Waals surface area contributed by atoms with Crippen molar-refractivity contribution in [3.05, 3.63) is 0 Å². The lowest BCUT2D eigenvalue weighted by atomic mass is 9.77. The number of carbonyl (C=O) groups is 1. The molecule has 2 rings (SSSR count). The maximum atomic E-state index is 11.3. The van der Waals surface area contributed by atoms with Gasteiger partial charge in [-0.15, -0.1) is 0 Å². The number of carboxylic acids is 1. The van der Waals surface area contributed by atoms with Crippen molar-refractivity contribution in [2.24, 2.45) is 11.8 Å². The Bertz CT molecular complexity index is 272. The van der Waals surface area contributed by atoms with Crippen LogP contribution in [0.1, 0.15) is 33.1 Å². The summed E-state index contributed by atoms with van der Waals surface area (Å²) >= 11 is 0. The fourth-order valence-electron chi connectivity index (χ4n) is 3.50. The van der Waals surface area contributed by atoms with Crippen LogP contribution in [0, 0.1) is 11.8 Å². The molecular weight excluding hydrogens is 218 g/mol. The lowest BCUT2D eigenvalue weighted by Crippen LogP contribution is -2.58. The first kappa shape index (κ1) is 12.8. The summed E-state index contributed by atoms with van der Waals surface area (Å²) in [7, 11) is 0. The Kier molecular flexibility index (Phi) is 4.05. The molecule has 1 aliphatic heterocycles. The van der Waals surface area contributed by atoms with Gasteiger partial charge in [0.25, 0.3) is 0 Å². The van der Waals surface area contributed by atoms with Crippen LogP contribution in [0.3, 0.4) is 0 Å². The van der Waals surface area contributed by atoms with Gasteiger partial charge in [-0.1, -0.05) is 20.3 Å². The third-order valence-corrected chi connectivity index (χ3v) is 4.32. The molecule has 0 amide bonds. The van der Waals surface area contributed by atoms with Crippen molar-refractivity contribution < 1.29 is 14.6 Å². The third-order valence-electron chi connectivity index (χ3n) is 4.32. The predicted octanol–water partition coefficient (Wildman–Crippen LogP) is 1.60. The van der Waals surface area contributed by atoms with Gasteiger partial charge in [0.2, 0.25) is 0 Å². The minimum absolute atomic E-state index is 0.339. The molecule has 3 atom stereocenters. The quantitative estimate of drug-likeness (QED) is 0.797. The van der Waals surface area contributed by atoms with Gasteiger partial charge in [0.15, 0.2) is 0 Å². The molecule has 3 unspecified atom stereocenters. The predicted molar refractivity (Wildman–Crippen MR) is 64.9 cm³/mol. The van der Waals surface area contributed by atoms with Crippen LogP contribution in [-0.2, 0) is 9.53 Å². The Hall–Kier alpha value is -0.610. The normalized spacial score (nSPS) is 40.1. The van der Waals surface area contributed by atoms with Gasteiger partial charge in [0.05, 0.1) is 13.2 Å². The van der Waals surface area contributed by atoms with E-state index in [-0.39, 0.29) is 0 Å². The highest BCUT2D eigenvalue weighted by molar-refractivity contribution is 5.73. The SMILES string of the molecule is CC1CCCC(C)C1N1CCOCC1C(=O)O. The summed E-state index contributed by atoms with van der Waals surface area (Å²) in [5, 5.41) is 9.29. The van der Waals surface area contributed by atoms with E-state index in [4.69, 9.17) is 4.74 Å². The van der Waals surface area contributed by atoms with Crippen LogP contribution in [0.5, 0.6) is 0 Å². The molecule has 2 aliphatic rings. The van der Waals surface area contributed by atoms with E-state index >= 15 is 0 Å². The molecule has 4 nitrogen and oxygen atoms in total. The number of aliphatic carboxylic acids is 1. The fraction of sp³-hybridized carbons (Fsp3) is 0.923. The number of carboxylic acid groups (broad SMARTS) is 1. The van der Waals surface area contributed by atoms with Crippen molar-refractivity contribution in [3.8, 4) is 0 Å². The van der Waals surface area contributed by atoms with Crippen LogP contribution in [-0.4, -0.2) is 47.8 Å². The fourth-order valence-corrected chi connectivity index (χ4v) is 3.50. The molecule has 1 N–H and O–H groups in total. The van der Waals surface area contributed by atoms with Crippen molar-refractivity contribution >= 4 is 5.97 Å². The number of nitrogens with zero attached hydrogens (tertiary/aromatic N) is 1. The molecule has 1 heterocycles. The molecule has 0 bridgehead atoms. The summed E-state index contributed by atoms with van der Waals surface area (Å²) in [4.78, 5) is 13.5. The van der Waals surface area contributed by atoms with E-state index in [9.17, 15) is 9.90 Å². The maximum absolute atomic E-state index is 11.3. The van der Waals surface area contributed by atoms with E-state index in [0.29, 0.717) is 31.1 Å². The molecule has 4 heteroatoms. The molecular formula is C13H23NO3. The zero-order chi connectivity index (χ0) is 12.4. The smallest absolute Gasteiger partial charge is 0.323 e. The van der Waals surface area contributed by atoms with Gasteiger partial charge in [-0.05, 0) is 24.7 Å². The van der Waals surface area contributed by atoms with Gasteiger partial charge in [-0.25, -0.2) is 0 Å². The maximum Gasteiger partial charge on any atom is 0.323 e. The summed E-state index contributed by atoms with van der Waals surface area (Å²) in [6.45, 7) is 6.28. The average Bonchev–Trinajstić information content (AvgIpc) is 2.29. The lowest BCUT2D eigenvalue weighted by Gasteiger charge is -2.46. The summed E-state index contributed by atoms with van der Waals surface area (Å²) in [5.74, 6) is 0.451. The molecule has 1 aliphatic carbocycles. The number of rotatable bonds is 2. The average molecular weight is 241 g/mol. The van der Waals surface area contributed by atoms with Crippen molar-refractivity contribution in [2.45, 2.75) is 45.2 Å². The Labute approximate surface area is 103 Å². The first-order valence-electron chi connectivity index (χ1n) is 6.67. The Morgan fingerprint density at radius 2 is 1.94 bits per heavy atom. The second-order valence-corrected chi connectivity index (χ2v) is 5.54. The minimum Gasteiger partial charge on any atom is -0.480 e. The van der Waals surface area contributed by atoms with E-state index < -0.39 is 12.0 Å². The summed E-state index contributed by atoms with van der Waals surface area (Å²) < 4.78 is 5.31. The molecule has 0 spiro atoms. The number of hydrogen-bond acceptors (Lipinski definition) is 3. The van der Waals surface area contributed by atoms with Crippen LogP contribution in [0.2, 0.25) is 0 Å². The molecule has 1 saturated carbocycles. The first-order chi connectivity index (χ1) is 8.11. The van der Waals surface area contributed by atoms with Crippen molar-refractivity contribution in [3.63, 3.8) is 0 Å². The molecule has 2 fully saturated rings.